The van der Waals surface area contributed by atoms with Gasteiger partial charge in [-0.3, -0.25) is 0 Å². The van der Waals surface area contributed by atoms with Gasteiger partial charge in [-0.05, 0) is 31.9 Å². The number of alkyl halides is 1. The van der Waals surface area contributed by atoms with E-state index in [1.165, 1.54) is 25.7 Å². The summed E-state index contributed by atoms with van der Waals surface area (Å²) in [5, 5.41) is 0. The second-order valence-electron chi connectivity index (χ2n) is 4.49. The molecule has 1 unspecified atom stereocenters. The van der Waals surface area contributed by atoms with Crippen molar-refractivity contribution in [1.29, 1.82) is 0 Å². The lowest BCUT2D eigenvalue weighted by Crippen LogP contribution is -2.36. The highest BCUT2D eigenvalue weighted by Gasteiger charge is 2.21. The molecule has 1 fully saturated rings. The fourth-order valence-corrected chi connectivity index (χ4v) is 2.65. The number of halogens is 1. The highest BCUT2D eigenvalue weighted by molar-refractivity contribution is 6.18. The third-order valence-electron chi connectivity index (χ3n) is 3.22. The second-order valence-corrected chi connectivity index (χ2v) is 4.80. The van der Waals surface area contributed by atoms with Gasteiger partial charge in [0.05, 0.1) is 0 Å². The van der Waals surface area contributed by atoms with E-state index in [2.05, 4.69) is 22.0 Å². The molecule has 0 aromatic carbocycles. The van der Waals surface area contributed by atoms with Crippen molar-refractivity contribution in [1.82, 2.24) is 4.98 Å². The summed E-state index contributed by atoms with van der Waals surface area (Å²) in [6.45, 7) is 3.13. The smallest absolute Gasteiger partial charge is 0.129 e. The minimum absolute atomic E-state index is 0.457. The van der Waals surface area contributed by atoms with Gasteiger partial charge in [0, 0.05) is 24.2 Å². The summed E-state index contributed by atoms with van der Waals surface area (Å²) in [5.74, 6) is 1.79. The van der Waals surface area contributed by atoms with Crippen LogP contribution in [0.25, 0.3) is 0 Å². The van der Waals surface area contributed by atoms with Gasteiger partial charge in [0.15, 0.2) is 0 Å². The molecular weight excluding hydrogens is 220 g/mol. The maximum Gasteiger partial charge on any atom is 0.129 e. The molecule has 2 heterocycles. The molecule has 1 saturated heterocycles. The summed E-state index contributed by atoms with van der Waals surface area (Å²) in [6.07, 6.45) is 5.05. The van der Waals surface area contributed by atoms with E-state index in [1.807, 2.05) is 13.0 Å². The fraction of sp³-hybridized carbons (Fsp3) is 0.615. The van der Waals surface area contributed by atoms with Gasteiger partial charge < -0.3 is 4.90 Å². The summed E-state index contributed by atoms with van der Waals surface area (Å²) in [5.41, 5.74) is 1.08. The highest BCUT2D eigenvalue weighted by Crippen LogP contribution is 2.23. The molecule has 0 spiro atoms. The van der Waals surface area contributed by atoms with Gasteiger partial charge in [-0.25, -0.2) is 4.98 Å². The first-order valence-electron chi connectivity index (χ1n) is 6.07. The quantitative estimate of drug-likeness (QED) is 0.735. The second kappa shape index (κ2) is 5.53. The van der Waals surface area contributed by atoms with E-state index >= 15 is 0 Å². The van der Waals surface area contributed by atoms with Gasteiger partial charge in [0.2, 0.25) is 0 Å². The Morgan fingerprint density at radius 2 is 2.25 bits per heavy atom. The molecule has 0 N–H and O–H groups in total. The van der Waals surface area contributed by atoms with Crippen LogP contribution in [0.1, 0.15) is 31.4 Å². The molecule has 0 amide bonds. The van der Waals surface area contributed by atoms with Crippen LogP contribution in [0.4, 0.5) is 5.82 Å². The lowest BCUT2D eigenvalue weighted by molar-refractivity contribution is 0.615. The van der Waals surface area contributed by atoms with E-state index in [0.29, 0.717) is 11.9 Å². The molecule has 1 aliphatic rings. The molecule has 2 rings (SSSR count). The van der Waals surface area contributed by atoms with Gasteiger partial charge in [0.1, 0.15) is 5.82 Å². The zero-order valence-corrected chi connectivity index (χ0v) is 10.6. The van der Waals surface area contributed by atoms with E-state index < -0.39 is 0 Å². The van der Waals surface area contributed by atoms with Gasteiger partial charge in [0.25, 0.3) is 0 Å². The molecule has 0 bridgehead atoms. The highest BCUT2D eigenvalue weighted by atomic mass is 35.5. The lowest BCUT2D eigenvalue weighted by atomic mass is 10.1. The Kier molecular flexibility index (Phi) is 4.05. The normalized spacial score (nSPS) is 21.9. The maximum absolute atomic E-state index is 6.07. The minimum Gasteiger partial charge on any atom is -0.352 e. The Morgan fingerprint density at radius 1 is 1.38 bits per heavy atom. The van der Waals surface area contributed by atoms with E-state index in [4.69, 9.17) is 11.6 Å². The van der Waals surface area contributed by atoms with Gasteiger partial charge >= 0.3 is 0 Å². The van der Waals surface area contributed by atoms with Crippen LogP contribution < -0.4 is 4.90 Å². The van der Waals surface area contributed by atoms with E-state index in [1.54, 1.807) is 0 Å². The van der Waals surface area contributed by atoms with Gasteiger partial charge in [-0.1, -0.05) is 18.9 Å². The number of aromatic nitrogens is 1. The van der Waals surface area contributed by atoms with Crippen molar-refractivity contribution < 1.29 is 0 Å². The van der Waals surface area contributed by atoms with Crippen molar-refractivity contribution in [2.45, 2.75) is 38.6 Å². The zero-order chi connectivity index (χ0) is 11.4. The maximum atomic E-state index is 6.07. The van der Waals surface area contributed by atoms with Crippen LogP contribution in [-0.4, -0.2) is 23.5 Å². The topological polar surface area (TPSA) is 16.1 Å². The predicted molar refractivity (Wildman–Crippen MR) is 69.3 cm³/mol. The number of hydrogen-bond acceptors (Lipinski definition) is 2. The monoisotopic (exact) mass is 238 g/mol. The summed E-state index contributed by atoms with van der Waals surface area (Å²) in [7, 11) is 0. The molecule has 2 nitrogen and oxygen atoms in total. The molecule has 88 valence electrons. The molecular formula is C13H19ClN2. The Hall–Kier alpha value is -0.760. The lowest BCUT2D eigenvalue weighted by Gasteiger charge is -2.29. The SMILES string of the molecule is Cc1cccc(N2CCCCCC2CCl)n1. The van der Waals surface area contributed by atoms with Crippen molar-refractivity contribution in [2.24, 2.45) is 0 Å². The number of anilines is 1. The van der Waals surface area contributed by atoms with Crippen LogP contribution in [-0.2, 0) is 0 Å². The Morgan fingerprint density at radius 3 is 3.00 bits per heavy atom. The molecule has 0 radical (unpaired) electrons. The number of aryl methyl sites for hydroxylation is 1. The van der Waals surface area contributed by atoms with Crippen LogP contribution in [0.15, 0.2) is 18.2 Å². The first-order valence-corrected chi connectivity index (χ1v) is 6.61. The van der Waals surface area contributed by atoms with Crippen LogP contribution in [0.3, 0.4) is 0 Å². The van der Waals surface area contributed by atoms with Crippen molar-refractivity contribution in [3.63, 3.8) is 0 Å². The molecule has 3 heteroatoms. The summed E-state index contributed by atoms with van der Waals surface area (Å²) >= 11 is 6.07. The number of rotatable bonds is 2. The molecule has 1 aromatic heterocycles. The summed E-state index contributed by atoms with van der Waals surface area (Å²) < 4.78 is 0. The predicted octanol–water partition coefficient (Wildman–Crippen LogP) is 3.38. The fourth-order valence-electron chi connectivity index (χ4n) is 2.33. The number of hydrogen-bond donors (Lipinski definition) is 0. The standard InChI is InChI=1S/C13H19ClN2/c1-11-6-5-8-13(15-11)16-9-4-2-3-7-12(16)10-14/h5-6,8,12H,2-4,7,9-10H2,1H3. The first kappa shape index (κ1) is 11.7. The zero-order valence-electron chi connectivity index (χ0n) is 9.82. The van der Waals surface area contributed by atoms with Crippen molar-refractivity contribution in [3.8, 4) is 0 Å². The van der Waals surface area contributed by atoms with E-state index in [9.17, 15) is 0 Å². The summed E-state index contributed by atoms with van der Waals surface area (Å²) in [6, 6.07) is 6.67. The van der Waals surface area contributed by atoms with Crippen LogP contribution in [0.5, 0.6) is 0 Å². The Balaban J connectivity index is 2.21. The molecule has 1 aliphatic heterocycles. The largest absolute Gasteiger partial charge is 0.352 e. The van der Waals surface area contributed by atoms with Gasteiger partial charge in [-0.15, -0.1) is 11.6 Å². The van der Waals surface area contributed by atoms with E-state index in [0.717, 1.165) is 18.1 Å². The molecule has 1 aromatic rings. The number of nitrogens with zero attached hydrogens (tertiary/aromatic N) is 2. The van der Waals surface area contributed by atoms with Crippen LogP contribution >= 0.6 is 11.6 Å². The molecule has 16 heavy (non-hydrogen) atoms. The molecule has 0 aliphatic carbocycles. The molecule has 0 saturated carbocycles. The average molecular weight is 239 g/mol. The third kappa shape index (κ3) is 2.67. The van der Waals surface area contributed by atoms with Crippen molar-refractivity contribution in [3.05, 3.63) is 23.9 Å². The van der Waals surface area contributed by atoms with Gasteiger partial charge in [-0.2, -0.15) is 0 Å². The Labute approximate surface area is 103 Å². The first-order chi connectivity index (χ1) is 7.81. The third-order valence-corrected chi connectivity index (χ3v) is 3.58. The van der Waals surface area contributed by atoms with Crippen molar-refractivity contribution in [2.75, 3.05) is 17.3 Å². The molecule has 1 atom stereocenters. The minimum atomic E-state index is 0.457. The summed E-state index contributed by atoms with van der Waals surface area (Å²) in [4.78, 5) is 6.99. The van der Waals surface area contributed by atoms with Crippen molar-refractivity contribution >= 4 is 17.4 Å². The Bertz CT molecular complexity index is 340. The van der Waals surface area contributed by atoms with Crippen LogP contribution in [0.2, 0.25) is 0 Å². The average Bonchev–Trinajstić information content (AvgIpc) is 2.53. The van der Waals surface area contributed by atoms with Crippen LogP contribution in [0, 0.1) is 6.92 Å². The number of pyridine rings is 1. The van der Waals surface area contributed by atoms with E-state index in [-0.39, 0.29) is 0 Å².